The highest BCUT2D eigenvalue weighted by molar-refractivity contribution is 7.17. The van der Waals surface area contributed by atoms with Crippen LogP contribution in [0.2, 0.25) is 0 Å². The van der Waals surface area contributed by atoms with Gasteiger partial charge in [0.1, 0.15) is 5.00 Å². The Balaban J connectivity index is 1.20. The number of carbonyl (C=O) groups excluding carboxylic acids is 2. The number of nitrogens with one attached hydrogen (secondary N) is 2. The van der Waals surface area contributed by atoms with Gasteiger partial charge in [-0.1, -0.05) is 23.8 Å². The van der Waals surface area contributed by atoms with Crippen molar-refractivity contribution in [2.45, 2.75) is 44.6 Å². The van der Waals surface area contributed by atoms with Gasteiger partial charge in [-0.15, -0.1) is 11.3 Å². The second-order valence-corrected chi connectivity index (χ2v) is 10.1. The number of alkyl carbamates (subject to hydrolysis) is 1. The molecule has 5 N–H and O–H groups in total. The van der Waals surface area contributed by atoms with E-state index in [2.05, 4.69) is 20.5 Å². The highest BCUT2D eigenvalue weighted by Crippen LogP contribution is 2.41. The number of aliphatic hydroxyl groups excluding tert-OH is 1. The molecule has 0 aromatic carbocycles. The van der Waals surface area contributed by atoms with Gasteiger partial charge in [0.25, 0.3) is 0 Å². The van der Waals surface area contributed by atoms with Gasteiger partial charge in [-0.2, -0.15) is 0 Å². The number of ether oxygens (including phenoxy) is 1. The number of hydrogen-bond donors (Lipinski definition) is 4. The second kappa shape index (κ2) is 11.5. The average Bonchev–Trinajstić information content (AvgIpc) is 3.44. The number of carbonyl (C=O) groups is 2. The van der Waals surface area contributed by atoms with Crippen LogP contribution in [0.5, 0.6) is 0 Å². The van der Waals surface area contributed by atoms with E-state index < -0.39 is 12.2 Å². The van der Waals surface area contributed by atoms with Crippen LogP contribution in [-0.4, -0.2) is 67.2 Å². The largest absolute Gasteiger partial charge is 0.449 e. The molecule has 0 radical (unpaired) electrons. The van der Waals surface area contributed by atoms with Crippen LogP contribution in [0.25, 0.3) is 0 Å². The molecule has 9 nitrogen and oxygen atoms in total. The Morgan fingerprint density at radius 2 is 2.24 bits per heavy atom. The third-order valence-electron chi connectivity index (χ3n) is 6.35. The third kappa shape index (κ3) is 6.60. The number of aliphatic hydroxyl groups is 1. The van der Waals surface area contributed by atoms with Crippen molar-refractivity contribution in [1.82, 2.24) is 10.2 Å². The van der Waals surface area contributed by atoms with Crippen LogP contribution in [0.4, 0.5) is 15.5 Å². The SMILES string of the molecule is Nc1c(NC(=O)CCC2=CC=CC(O)C2)sc2c1CCC(COC(=O)NCCN1C=NCC1)C2. The zero-order valence-corrected chi connectivity index (χ0v) is 20.1. The molecule has 2 atom stereocenters. The number of fused-ring (bicyclic) bond motifs is 1. The van der Waals surface area contributed by atoms with E-state index in [0.29, 0.717) is 43.1 Å². The number of aliphatic imine (C=N–C) groups is 1. The van der Waals surface area contributed by atoms with Crippen LogP contribution >= 0.6 is 11.3 Å². The molecular formula is C24H33N5O4S. The van der Waals surface area contributed by atoms with Crippen LogP contribution in [0.15, 0.2) is 28.8 Å². The molecule has 0 bridgehead atoms. The predicted molar refractivity (Wildman–Crippen MR) is 134 cm³/mol. The van der Waals surface area contributed by atoms with E-state index in [0.717, 1.165) is 54.9 Å². The van der Waals surface area contributed by atoms with E-state index >= 15 is 0 Å². The molecule has 34 heavy (non-hydrogen) atoms. The fourth-order valence-electron chi connectivity index (χ4n) is 4.42. The highest BCUT2D eigenvalue weighted by atomic mass is 32.1. The topological polar surface area (TPSA) is 129 Å². The number of anilines is 2. The first kappa shape index (κ1) is 24.3. The number of amides is 2. The molecule has 3 aliphatic rings. The summed E-state index contributed by atoms with van der Waals surface area (Å²) >= 11 is 1.52. The number of thiophene rings is 1. The zero-order chi connectivity index (χ0) is 23.9. The lowest BCUT2D eigenvalue weighted by Crippen LogP contribution is -2.34. The Morgan fingerprint density at radius 1 is 1.35 bits per heavy atom. The summed E-state index contributed by atoms with van der Waals surface area (Å²) in [6, 6.07) is 0. The molecule has 10 heteroatoms. The first-order valence-electron chi connectivity index (χ1n) is 11.9. The maximum absolute atomic E-state index is 12.5. The van der Waals surface area contributed by atoms with Gasteiger partial charge < -0.3 is 31.1 Å². The predicted octanol–water partition coefficient (Wildman–Crippen LogP) is 2.47. The minimum absolute atomic E-state index is 0.0769. The summed E-state index contributed by atoms with van der Waals surface area (Å²) in [4.78, 5) is 31.8. The molecule has 2 amide bonds. The number of rotatable bonds is 9. The lowest BCUT2D eigenvalue weighted by atomic mass is 9.89. The van der Waals surface area contributed by atoms with Crippen LogP contribution in [0, 0.1) is 5.92 Å². The van der Waals surface area contributed by atoms with Gasteiger partial charge in [0.2, 0.25) is 5.91 Å². The zero-order valence-electron chi connectivity index (χ0n) is 19.3. The molecule has 4 rings (SSSR count). The number of allylic oxidation sites excluding steroid dienone is 2. The van der Waals surface area contributed by atoms with Crippen molar-refractivity contribution >= 4 is 40.4 Å². The second-order valence-electron chi connectivity index (χ2n) is 8.97. The highest BCUT2D eigenvalue weighted by Gasteiger charge is 2.26. The van der Waals surface area contributed by atoms with Crippen molar-refractivity contribution < 1.29 is 19.4 Å². The van der Waals surface area contributed by atoms with Crippen molar-refractivity contribution in [2.24, 2.45) is 10.9 Å². The van der Waals surface area contributed by atoms with E-state index in [1.807, 2.05) is 18.5 Å². The van der Waals surface area contributed by atoms with Gasteiger partial charge in [-0.25, -0.2) is 4.79 Å². The summed E-state index contributed by atoms with van der Waals surface area (Å²) in [5, 5.41) is 16.2. The summed E-state index contributed by atoms with van der Waals surface area (Å²) < 4.78 is 5.43. The van der Waals surface area contributed by atoms with Crippen molar-refractivity contribution in [3.05, 3.63) is 34.2 Å². The molecule has 2 heterocycles. The fraction of sp³-hybridized carbons (Fsp3) is 0.542. The average molecular weight is 488 g/mol. The van der Waals surface area contributed by atoms with Gasteiger partial charge in [0.05, 0.1) is 31.3 Å². The third-order valence-corrected chi connectivity index (χ3v) is 7.54. The summed E-state index contributed by atoms with van der Waals surface area (Å²) in [7, 11) is 0. The molecule has 0 saturated heterocycles. The summed E-state index contributed by atoms with van der Waals surface area (Å²) in [6.45, 7) is 3.33. The lowest BCUT2D eigenvalue weighted by Gasteiger charge is -2.22. The van der Waals surface area contributed by atoms with Gasteiger partial charge in [-0.05, 0) is 43.6 Å². The number of nitrogens with zero attached hydrogens (tertiary/aromatic N) is 2. The smallest absolute Gasteiger partial charge is 0.407 e. The first-order chi connectivity index (χ1) is 16.5. The van der Waals surface area contributed by atoms with Crippen molar-refractivity contribution in [2.75, 3.05) is 43.8 Å². The summed E-state index contributed by atoms with van der Waals surface area (Å²) in [5.41, 5.74) is 9.17. The van der Waals surface area contributed by atoms with Gasteiger partial charge in [0.15, 0.2) is 0 Å². The Kier molecular flexibility index (Phi) is 8.23. The normalized spacial score (nSPS) is 21.2. The van der Waals surface area contributed by atoms with Crippen LogP contribution in [-0.2, 0) is 22.4 Å². The molecule has 0 saturated carbocycles. The summed E-state index contributed by atoms with van der Waals surface area (Å²) in [6.07, 6.45) is 10.5. The molecule has 2 unspecified atom stereocenters. The molecule has 1 aromatic rings. The molecule has 1 aliphatic heterocycles. The standard InChI is InChI=1S/C24H33N5O4S/c25-22-19-6-4-17(14-33-24(32)27-9-11-29-10-8-26-15-29)13-20(19)34-23(22)28-21(31)7-5-16-2-1-3-18(30)12-16/h1-3,15,17-18,30H,4-14,25H2,(H,27,32)(H,28,31). The Labute approximate surface area is 203 Å². The van der Waals surface area contributed by atoms with Gasteiger partial charge in [-0.3, -0.25) is 9.79 Å². The molecule has 184 valence electrons. The minimum atomic E-state index is -0.462. The first-order valence-corrected chi connectivity index (χ1v) is 12.7. The van der Waals surface area contributed by atoms with E-state index in [4.69, 9.17) is 10.5 Å². The van der Waals surface area contributed by atoms with Gasteiger partial charge >= 0.3 is 6.09 Å². The van der Waals surface area contributed by atoms with Crippen LogP contribution in [0.3, 0.4) is 0 Å². The fourth-order valence-corrected chi connectivity index (χ4v) is 5.72. The van der Waals surface area contributed by atoms with Gasteiger partial charge in [0, 0.05) is 30.9 Å². The Hall–Kier alpha value is -2.85. The van der Waals surface area contributed by atoms with E-state index in [1.54, 1.807) is 6.08 Å². The van der Waals surface area contributed by atoms with E-state index in [9.17, 15) is 14.7 Å². The minimum Gasteiger partial charge on any atom is -0.449 e. The van der Waals surface area contributed by atoms with Crippen molar-refractivity contribution in [3.8, 4) is 0 Å². The lowest BCUT2D eigenvalue weighted by molar-refractivity contribution is -0.116. The number of hydrogen-bond acceptors (Lipinski definition) is 8. The molecular weight excluding hydrogens is 454 g/mol. The molecule has 1 aromatic heterocycles. The van der Waals surface area contributed by atoms with E-state index in [-0.39, 0.29) is 11.8 Å². The molecule has 2 aliphatic carbocycles. The van der Waals surface area contributed by atoms with Crippen LogP contribution < -0.4 is 16.4 Å². The maximum atomic E-state index is 12.5. The maximum Gasteiger partial charge on any atom is 0.407 e. The van der Waals surface area contributed by atoms with E-state index in [1.165, 1.54) is 11.3 Å². The van der Waals surface area contributed by atoms with Crippen molar-refractivity contribution in [1.29, 1.82) is 0 Å². The molecule has 0 spiro atoms. The number of nitrogens with two attached hydrogens (primary N) is 1. The van der Waals surface area contributed by atoms with Crippen LogP contribution in [0.1, 0.15) is 36.1 Å². The quantitative estimate of drug-likeness (QED) is 0.424. The number of nitrogen functional groups attached to an aromatic ring is 1. The van der Waals surface area contributed by atoms with Crippen molar-refractivity contribution in [3.63, 3.8) is 0 Å². The molecule has 0 fully saturated rings. The Morgan fingerprint density at radius 3 is 3.03 bits per heavy atom. The summed E-state index contributed by atoms with van der Waals surface area (Å²) in [5.74, 6) is 0.162. The Bertz CT molecular complexity index is 986. The monoisotopic (exact) mass is 487 g/mol.